The number of alkyl halides is 3. The minimum atomic E-state index is -4.46. The lowest BCUT2D eigenvalue weighted by Gasteiger charge is -2.28. The molecule has 2 aromatic carbocycles. The summed E-state index contributed by atoms with van der Waals surface area (Å²) in [4.78, 5) is 32.7. The Kier molecular flexibility index (Phi) is 8.16. The van der Waals surface area contributed by atoms with Gasteiger partial charge in [0.1, 0.15) is 0 Å². The maximum Gasteiger partial charge on any atom is 0.416 e. The molecule has 39 heavy (non-hydrogen) atoms. The van der Waals surface area contributed by atoms with Crippen molar-refractivity contribution in [3.63, 3.8) is 0 Å². The molecule has 2 aliphatic rings. The Morgan fingerprint density at radius 1 is 1.05 bits per heavy atom. The third kappa shape index (κ3) is 6.41. The van der Waals surface area contributed by atoms with Gasteiger partial charge in [0.2, 0.25) is 5.91 Å². The number of piperazine rings is 1. The molecule has 1 saturated carbocycles. The molecular formula is C30H33F3N4O2. The van der Waals surface area contributed by atoms with Crippen LogP contribution in [0, 0.1) is 5.92 Å². The van der Waals surface area contributed by atoms with E-state index in [0.717, 1.165) is 18.6 Å². The molecule has 2 N–H and O–H groups in total. The van der Waals surface area contributed by atoms with Crippen molar-refractivity contribution in [2.45, 2.75) is 51.2 Å². The summed E-state index contributed by atoms with van der Waals surface area (Å²) in [5.74, 6) is 0.279. The van der Waals surface area contributed by atoms with Crippen molar-refractivity contribution in [2.75, 3.05) is 26.2 Å². The number of carbonyl (C=O) groups is 2. The zero-order valence-electron chi connectivity index (χ0n) is 21.8. The van der Waals surface area contributed by atoms with Gasteiger partial charge in [0.25, 0.3) is 5.91 Å². The molecule has 1 aliphatic heterocycles. The van der Waals surface area contributed by atoms with Crippen LogP contribution in [0.3, 0.4) is 0 Å². The highest BCUT2D eigenvalue weighted by Crippen LogP contribution is 2.35. The number of benzene rings is 2. The highest BCUT2D eigenvalue weighted by molar-refractivity contribution is 6.09. The van der Waals surface area contributed by atoms with E-state index in [1.807, 2.05) is 23.1 Å². The summed E-state index contributed by atoms with van der Waals surface area (Å²) in [6, 6.07) is 12.2. The van der Waals surface area contributed by atoms with E-state index in [4.69, 9.17) is 4.98 Å². The molecule has 2 heterocycles. The first-order chi connectivity index (χ1) is 18.8. The highest BCUT2D eigenvalue weighted by Gasteiger charge is 2.31. The van der Waals surface area contributed by atoms with Gasteiger partial charge in [-0.1, -0.05) is 62.4 Å². The second-order valence-electron chi connectivity index (χ2n) is 10.5. The first-order valence-corrected chi connectivity index (χ1v) is 13.7. The normalized spacial score (nSPS) is 17.3. The average molecular weight is 539 g/mol. The number of para-hydroxylation sites is 1. The van der Waals surface area contributed by atoms with Crippen LogP contribution in [0.15, 0.2) is 48.5 Å². The van der Waals surface area contributed by atoms with Crippen LogP contribution in [-0.2, 0) is 17.5 Å². The van der Waals surface area contributed by atoms with Gasteiger partial charge < -0.3 is 10.6 Å². The van der Waals surface area contributed by atoms with Crippen molar-refractivity contribution in [1.29, 1.82) is 0 Å². The van der Waals surface area contributed by atoms with Crippen LogP contribution in [0.1, 0.15) is 60.0 Å². The third-order valence-corrected chi connectivity index (χ3v) is 7.77. The maximum atomic E-state index is 13.8. The molecule has 0 spiro atoms. The lowest BCUT2D eigenvalue weighted by molar-refractivity contribution is -0.137. The first-order valence-electron chi connectivity index (χ1n) is 13.7. The first kappa shape index (κ1) is 27.1. The number of amides is 2. The fraction of sp³-hybridized carbons (Fsp3) is 0.433. The van der Waals surface area contributed by atoms with Crippen molar-refractivity contribution >= 4 is 22.7 Å². The monoisotopic (exact) mass is 538 g/mol. The Morgan fingerprint density at radius 3 is 2.51 bits per heavy atom. The number of carbonyl (C=O) groups excluding carboxylic acids is 2. The Labute approximate surface area is 226 Å². The van der Waals surface area contributed by atoms with E-state index in [1.54, 1.807) is 6.07 Å². The number of pyridine rings is 1. The minimum Gasteiger partial charge on any atom is -0.354 e. The van der Waals surface area contributed by atoms with E-state index in [2.05, 4.69) is 10.6 Å². The molecule has 1 aliphatic carbocycles. The molecule has 0 radical (unpaired) electrons. The van der Waals surface area contributed by atoms with Gasteiger partial charge in [0.05, 0.1) is 28.9 Å². The summed E-state index contributed by atoms with van der Waals surface area (Å²) in [7, 11) is 0. The molecule has 1 saturated heterocycles. The Bertz CT molecular complexity index is 1330. The van der Waals surface area contributed by atoms with Gasteiger partial charge in [0, 0.05) is 42.7 Å². The van der Waals surface area contributed by atoms with E-state index < -0.39 is 11.7 Å². The molecule has 6 nitrogen and oxygen atoms in total. The van der Waals surface area contributed by atoms with Crippen LogP contribution in [0.4, 0.5) is 13.2 Å². The average Bonchev–Trinajstić information content (AvgIpc) is 2.93. The largest absolute Gasteiger partial charge is 0.416 e. The lowest BCUT2D eigenvalue weighted by atomic mass is 9.87. The molecule has 9 heteroatoms. The van der Waals surface area contributed by atoms with Crippen molar-refractivity contribution in [3.8, 4) is 11.3 Å². The fourth-order valence-corrected chi connectivity index (χ4v) is 5.72. The van der Waals surface area contributed by atoms with E-state index in [-0.39, 0.29) is 24.9 Å². The summed E-state index contributed by atoms with van der Waals surface area (Å²) in [6.07, 6.45) is 2.58. The van der Waals surface area contributed by atoms with E-state index >= 15 is 0 Å². The highest BCUT2D eigenvalue weighted by atomic mass is 19.4. The van der Waals surface area contributed by atoms with Crippen molar-refractivity contribution in [1.82, 2.24) is 20.5 Å². The Hall–Kier alpha value is -3.46. The molecule has 2 fully saturated rings. The number of rotatable bonds is 7. The molecule has 1 aromatic heterocycles. The number of nitrogens with one attached hydrogen (secondary N) is 2. The number of aromatic nitrogens is 1. The Morgan fingerprint density at radius 2 is 1.79 bits per heavy atom. The summed E-state index contributed by atoms with van der Waals surface area (Å²) < 4.78 is 39.8. The minimum absolute atomic E-state index is 0.107. The lowest BCUT2D eigenvalue weighted by Crippen LogP contribution is -2.47. The number of hydrogen-bond donors (Lipinski definition) is 2. The smallest absolute Gasteiger partial charge is 0.354 e. The summed E-state index contributed by atoms with van der Waals surface area (Å²) in [6.45, 7) is 2.07. The van der Waals surface area contributed by atoms with Gasteiger partial charge in [-0.2, -0.15) is 13.2 Å². The predicted molar refractivity (Wildman–Crippen MR) is 144 cm³/mol. The maximum absolute atomic E-state index is 13.8. The van der Waals surface area contributed by atoms with E-state index in [9.17, 15) is 22.8 Å². The number of halogens is 3. The number of nitrogens with zero attached hydrogens (tertiary/aromatic N) is 2. The summed E-state index contributed by atoms with van der Waals surface area (Å²) >= 11 is 0. The van der Waals surface area contributed by atoms with Crippen LogP contribution < -0.4 is 10.6 Å². The predicted octanol–water partition coefficient (Wildman–Crippen LogP) is 5.55. The van der Waals surface area contributed by atoms with Crippen molar-refractivity contribution < 1.29 is 22.8 Å². The van der Waals surface area contributed by atoms with E-state index in [0.29, 0.717) is 58.8 Å². The van der Waals surface area contributed by atoms with Crippen LogP contribution in [0.2, 0.25) is 0 Å². The standard InChI is InChI=1S/C30H33F3N4O2/c31-30(32,33)22-12-10-21(11-13-22)28-24(18-37-17-16-34-26(38)19-37)27(23-8-4-5-9-25(23)36-28)29(39)35-15-14-20-6-2-1-3-7-20/h4-5,8-13,20H,1-3,6-7,14-19H2,(H,34,38)(H,35,39). The van der Waals surface area contributed by atoms with Crippen molar-refractivity contribution in [3.05, 3.63) is 65.2 Å². The summed E-state index contributed by atoms with van der Waals surface area (Å²) in [5, 5.41) is 6.61. The van der Waals surface area contributed by atoms with Crippen molar-refractivity contribution in [2.24, 2.45) is 5.92 Å². The van der Waals surface area contributed by atoms with Gasteiger partial charge in [-0.3, -0.25) is 14.5 Å². The molecule has 5 rings (SSSR count). The van der Waals surface area contributed by atoms with Gasteiger partial charge in [0.15, 0.2) is 0 Å². The molecule has 0 atom stereocenters. The molecule has 206 valence electrons. The molecule has 0 unspecified atom stereocenters. The second kappa shape index (κ2) is 11.7. The van der Waals surface area contributed by atoms with Crippen LogP contribution >= 0.6 is 0 Å². The van der Waals surface area contributed by atoms with Crippen LogP contribution in [0.25, 0.3) is 22.2 Å². The van der Waals surface area contributed by atoms with Gasteiger partial charge in [-0.15, -0.1) is 0 Å². The SMILES string of the molecule is O=C1CN(Cc2c(-c3ccc(C(F)(F)F)cc3)nc3ccccc3c2C(=O)NCCC2CCCCC2)CCN1. The fourth-order valence-electron chi connectivity index (χ4n) is 5.72. The van der Waals surface area contributed by atoms with Gasteiger partial charge in [-0.05, 0) is 30.5 Å². The Balaban J connectivity index is 1.55. The zero-order chi connectivity index (χ0) is 27.4. The topological polar surface area (TPSA) is 74.3 Å². The quantitative estimate of drug-likeness (QED) is 0.414. The van der Waals surface area contributed by atoms with E-state index in [1.165, 1.54) is 44.2 Å². The summed E-state index contributed by atoms with van der Waals surface area (Å²) in [5.41, 5.74) is 1.85. The van der Waals surface area contributed by atoms with Crippen LogP contribution in [-0.4, -0.2) is 47.9 Å². The van der Waals surface area contributed by atoms with Gasteiger partial charge >= 0.3 is 6.18 Å². The number of hydrogen-bond acceptors (Lipinski definition) is 4. The second-order valence-corrected chi connectivity index (χ2v) is 10.5. The number of fused-ring (bicyclic) bond motifs is 1. The molecule has 0 bridgehead atoms. The molecule has 2 amide bonds. The van der Waals surface area contributed by atoms with Gasteiger partial charge in [-0.25, -0.2) is 4.98 Å². The third-order valence-electron chi connectivity index (χ3n) is 7.77. The molecular weight excluding hydrogens is 505 g/mol. The van der Waals surface area contributed by atoms with Crippen LogP contribution in [0.5, 0.6) is 0 Å². The zero-order valence-corrected chi connectivity index (χ0v) is 21.8. The molecule has 3 aromatic rings.